The van der Waals surface area contributed by atoms with Crippen LogP contribution in [0.2, 0.25) is 0 Å². The summed E-state index contributed by atoms with van der Waals surface area (Å²) >= 11 is 0. The molecule has 1 atom stereocenters. The number of nitriles is 1. The van der Waals surface area contributed by atoms with E-state index in [4.69, 9.17) is 0 Å². The fourth-order valence-corrected chi connectivity index (χ4v) is 3.61. The van der Waals surface area contributed by atoms with Gasteiger partial charge in [-0.25, -0.2) is 0 Å². The van der Waals surface area contributed by atoms with E-state index in [-0.39, 0.29) is 5.54 Å². The van der Waals surface area contributed by atoms with Crippen LogP contribution in [0.4, 0.5) is 0 Å². The highest BCUT2D eigenvalue weighted by molar-refractivity contribution is 5.09. The van der Waals surface area contributed by atoms with E-state index in [1.807, 2.05) is 0 Å². The van der Waals surface area contributed by atoms with Crippen molar-refractivity contribution in [3.63, 3.8) is 0 Å². The highest BCUT2D eigenvalue weighted by atomic mass is 15.1. The summed E-state index contributed by atoms with van der Waals surface area (Å²) in [4.78, 5) is 2.48. The molecule has 19 heavy (non-hydrogen) atoms. The molecule has 3 nitrogen and oxygen atoms in total. The second-order valence-electron chi connectivity index (χ2n) is 6.31. The van der Waals surface area contributed by atoms with Gasteiger partial charge in [0.1, 0.15) is 5.54 Å². The van der Waals surface area contributed by atoms with Crippen LogP contribution in [0.5, 0.6) is 0 Å². The molecule has 0 amide bonds. The minimum absolute atomic E-state index is 0.251. The van der Waals surface area contributed by atoms with E-state index in [0.29, 0.717) is 6.04 Å². The summed E-state index contributed by atoms with van der Waals surface area (Å²) in [5.74, 6) is 0. The Kier molecular flexibility index (Phi) is 5.66. The minimum atomic E-state index is -0.251. The van der Waals surface area contributed by atoms with Gasteiger partial charge in [0.2, 0.25) is 0 Å². The normalized spacial score (nSPS) is 31.4. The summed E-state index contributed by atoms with van der Waals surface area (Å²) in [6.45, 7) is 5.57. The topological polar surface area (TPSA) is 39.1 Å². The number of hydrogen-bond acceptors (Lipinski definition) is 3. The van der Waals surface area contributed by atoms with E-state index in [1.54, 1.807) is 0 Å². The molecule has 0 aromatic carbocycles. The molecule has 2 rings (SSSR count). The molecule has 0 bridgehead atoms. The fraction of sp³-hybridized carbons (Fsp3) is 0.938. The average molecular weight is 263 g/mol. The van der Waals surface area contributed by atoms with Crippen molar-refractivity contribution in [2.45, 2.75) is 76.3 Å². The van der Waals surface area contributed by atoms with Crippen molar-refractivity contribution in [1.82, 2.24) is 10.2 Å². The number of hydrogen-bond donors (Lipinski definition) is 1. The first-order valence-corrected chi connectivity index (χ1v) is 8.19. The van der Waals surface area contributed by atoms with Crippen LogP contribution in [0.1, 0.15) is 64.7 Å². The van der Waals surface area contributed by atoms with Gasteiger partial charge in [0.25, 0.3) is 0 Å². The van der Waals surface area contributed by atoms with Gasteiger partial charge in [0.05, 0.1) is 6.07 Å². The molecule has 1 saturated heterocycles. The Morgan fingerprint density at radius 3 is 2.47 bits per heavy atom. The lowest BCUT2D eigenvalue weighted by molar-refractivity contribution is 0.274. The smallest absolute Gasteiger partial charge is 0.108 e. The van der Waals surface area contributed by atoms with Gasteiger partial charge in [-0.1, -0.05) is 32.6 Å². The predicted molar refractivity (Wildman–Crippen MR) is 78.9 cm³/mol. The second kappa shape index (κ2) is 7.26. The molecule has 1 aliphatic heterocycles. The van der Waals surface area contributed by atoms with Crippen LogP contribution in [0.25, 0.3) is 0 Å². The summed E-state index contributed by atoms with van der Waals surface area (Å²) in [6, 6.07) is 3.21. The van der Waals surface area contributed by atoms with E-state index in [2.05, 4.69) is 23.2 Å². The molecular formula is C16H29N3. The number of nitrogens with zero attached hydrogens (tertiary/aromatic N) is 2. The van der Waals surface area contributed by atoms with Gasteiger partial charge in [-0.3, -0.25) is 5.32 Å². The molecule has 108 valence electrons. The maximum Gasteiger partial charge on any atom is 0.108 e. The SMILES string of the molecule is CCN1CCCC(C#N)(NC2CCCCCC2)CC1. The number of likely N-dealkylation sites (tertiary alicyclic amines) is 1. The third-order valence-electron chi connectivity index (χ3n) is 4.93. The van der Waals surface area contributed by atoms with Crippen LogP contribution < -0.4 is 5.32 Å². The Labute approximate surface area is 118 Å². The third kappa shape index (κ3) is 4.19. The van der Waals surface area contributed by atoms with Gasteiger partial charge in [0, 0.05) is 12.6 Å². The maximum atomic E-state index is 9.70. The minimum Gasteiger partial charge on any atom is -0.304 e. The van der Waals surface area contributed by atoms with Crippen molar-refractivity contribution in [3.8, 4) is 6.07 Å². The molecule has 3 heteroatoms. The van der Waals surface area contributed by atoms with Crippen molar-refractivity contribution >= 4 is 0 Å². The van der Waals surface area contributed by atoms with E-state index in [1.165, 1.54) is 38.5 Å². The standard InChI is InChI=1S/C16H29N3/c1-2-19-12-7-10-16(14-17,11-13-19)18-15-8-5-3-4-6-9-15/h15,18H,2-13H2,1H3. The lowest BCUT2D eigenvalue weighted by Crippen LogP contribution is -2.49. The van der Waals surface area contributed by atoms with Crippen LogP contribution >= 0.6 is 0 Å². The monoisotopic (exact) mass is 263 g/mol. The molecule has 1 aliphatic carbocycles. The lowest BCUT2D eigenvalue weighted by Gasteiger charge is -2.31. The maximum absolute atomic E-state index is 9.70. The van der Waals surface area contributed by atoms with Crippen molar-refractivity contribution in [2.24, 2.45) is 0 Å². The first kappa shape index (κ1) is 14.8. The van der Waals surface area contributed by atoms with Crippen LogP contribution in [0.15, 0.2) is 0 Å². The highest BCUT2D eigenvalue weighted by Crippen LogP contribution is 2.26. The molecule has 0 spiro atoms. The Bertz CT molecular complexity index is 302. The van der Waals surface area contributed by atoms with Gasteiger partial charge < -0.3 is 4.90 Å². The summed E-state index contributed by atoms with van der Waals surface area (Å²) in [5.41, 5.74) is -0.251. The number of nitrogens with one attached hydrogen (secondary N) is 1. The molecule has 1 N–H and O–H groups in total. The molecule has 1 unspecified atom stereocenters. The quantitative estimate of drug-likeness (QED) is 0.795. The molecule has 2 aliphatic rings. The first-order chi connectivity index (χ1) is 9.28. The van der Waals surface area contributed by atoms with E-state index >= 15 is 0 Å². The largest absolute Gasteiger partial charge is 0.304 e. The van der Waals surface area contributed by atoms with Crippen molar-refractivity contribution in [3.05, 3.63) is 0 Å². The molecule has 2 fully saturated rings. The molecule has 1 saturated carbocycles. The molecule has 1 heterocycles. The van der Waals surface area contributed by atoms with Crippen LogP contribution in [-0.2, 0) is 0 Å². The van der Waals surface area contributed by atoms with Crippen LogP contribution in [0.3, 0.4) is 0 Å². The van der Waals surface area contributed by atoms with Gasteiger partial charge in [-0.2, -0.15) is 5.26 Å². The highest BCUT2D eigenvalue weighted by Gasteiger charge is 2.34. The molecule has 0 aromatic heterocycles. The van der Waals surface area contributed by atoms with Gasteiger partial charge in [-0.05, 0) is 45.2 Å². The molecule has 0 radical (unpaired) electrons. The van der Waals surface area contributed by atoms with Gasteiger partial charge in [0.15, 0.2) is 0 Å². The average Bonchev–Trinajstić information content (AvgIpc) is 2.80. The zero-order valence-electron chi connectivity index (χ0n) is 12.5. The molecule has 0 aromatic rings. The van der Waals surface area contributed by atoms with Gasteiger partial charge in [-0.15, -0.1) is 0 Å². The van der Waals surface area contributed by atoms with E-state index in [9.17, 15) is 5.26 Å². The summed E-state index contributed by atoms with van der Waals surface area (Å²) in [6.07, 6.45) is 11.1. The fourth-order valence-electron chi connectivity index (χ4n) is 3.61. The van der Waals surface area contributed by atoms with E-state index in [0.717, 1.165) is 38.9 Å². The first-order valence-electron chi connectivity index (χ1n) is 8.19. The third-order valence-corrected chi connectivity index (χ3v) is 4.93. The number of rotatable bonds is 3. The summed E-state index contributed by atoms with van der Waals surface area (Å²) in [7, 11) is 0. The Hall–Kier alpha value is -0.590. The van der Waals surface area contributed by atoms with Gasteiger partial charge >= 0.3 is 0 Å². The summed E-state index contributed by atoms with van der Waals surface area (Å²) in [5, 5.41) is 13.5. The second-order valence-corrected chi connectivity index (χ2v) is 6.31. The zero-order valence-corrected chi connectivity index (χ0v) is 12.5. The summed E-state index contributed by atoms with van der Waals surface area (Å²) < 4.78 is 0. The van der Waals surface area contributed by atoms with Crippen molar-refractivity contribution < 1.29 is 0 Å². The van der Waals surface area contributed by atoms with Crippen molar-refractivity contribution in [1.29, 1.82) is 5.26 Å². The van der Waals surface area contributed by atoms with E-state index < -0.39 is 0 Å². The van der Waals surface area contributed by atoms with Crippen LogP contribution in [-0.4, -0.2) is 36.1 Å². The Morgan fingerprint density at radius 2 is 1.84 bits per heavy atom. The lowest BCUT2D eigenvalue weighted by atomic mass is 9.90. The van der Waals surface area contributed by atoms with Crippen LogP contribution in [0, 0.1) is 11.3 Å². The molecular weight excluding hydrogens is 234 g/mol. The van der Waals surface area contributed by atoms with Crippen molar-refractivity contribution in [2.75, 3.05) is 19.6 Å². The Balaban J connectivity index is 1.95. The predicted octanol–water partition coefficient (Wildman–Crippen LogP) is 3.07. The Morgan fingerprint density at radius 1 is 1.11 bits per heavy atom. The zero-order chi connectivity index (χ0) is 13.6.